The number of rotatable bonds is 21. The molecule has 2 saturated heterocycles. The number of benzene rings is 2. The number of hydrogen-bond donors (Lipinski definition) is 0. The summed E-state index contributed by atoms with van der Waals surface area (Å²) in [6, 6.07) is 18.2. The number of hydrogen-bond acceptors (Lipinski definition) is 6. The van der Waals surface area contributed by atoms with Crippen LogP contribution in [0.1, 0.15) is 111 Å². The van der Waals surface area contributed by atoms with Crippen molar-refractivity contribution in [2.45, 2.75) is 115 Å². The average molecular weight is 579 g/mol. The molecule has 6 nitrogen and oxygen atoms in total. The zero-order valence-electron chi connectivity index (χ0n) is 25.7. The van der Waals surface area contributed by atoms with Gasteiger partial charge >= 0.3 is 11.9 Å². The Morgan fingerprint density at radius 1 is 0.619 bits per heavy atom. The van der Waals surface area contributed by atoms with Gasteiger partial charge in [-0.1, -0.05) is 98.2 Å². The van der Waals surface area contributed by atoms with E-state index in [-0.39, 0.29) is 24.1 Å². The molecule has 0 aromatic heterocycles. The molecule has 2 aromatic carbocycles. The summed E-state index contributed by atoms with van der Waals surface area (Å²) in [6.07, 6.45) is 11.8. The van der Waals surface area contributed by atoms with E-state index in [1.807, 2.05) is 0 Å². The number of esters is 2. The number of unbranched alkanes of at least 4 members (excludes halogenated alkanes) is 6. The lowest BCUT2D eigenvalue weighted by atomic mass is 9.75. The lowest BCUT2D eigenvalue weighted by Gasteiger charge is -2.29. The average Bonchev–Trinajstić information content (AvgIpc) is 3.92. The van der Waals surface area contributed by atoms with E-state index in [0.717, 1.165) is 64.2 Å². The molecule has 230 valence electrons. The zero-order valence-corrected chi connectivity index (χ0v) is 25.7. The normalized spacial score (nSPS) is 18.7. The van der Waals surface area contributed by atoms with E-state index >= 15 is 0 Å². The van der Waals surface area contributed by atoms with Crippen molar-refractivity contribution in [3.05, 3.63) is 70.8 Å². The van der Waals surface area contributed by atoms with Gasteiger partial charge in [0.2, 0.25) is 0 Å². The molecule has 42 heavy (non-hydrogen) atoms. The Labute approximate surface area is 252 Å². The summed E-state index contributed by atoms with van der Waals surface area (Å²) in [4.78, 5) is 23.9. The molecule has 0 N–H and O–H groups in total. The Balaban J connectivity index is 1.28. The van der Waals surface area contributed by atoms with Crippen molar-refractivity contribution in [3.8, 4) is 0 Å². The van der Waals surface area contributed by atoms with E-state index in [1.54, 1.807) is 0 Å². The van der Waals surface area contributed by atoms with Gasteiger partial charge in [-0.15, -0.1) is 0 Å². The van der Waals surface area contributed by atoms with Crippen LogP contribution in [0.15, 0.2) is 48.5 Å². The van der Waals surface area contributed by atoms with Crippen LogP contribution in [-0.2, 0) is 28.5 Å². The molecule has 0 bridgehead atoms. The van der Waals surface area contributed by atoms with Crippen LogP contribution >= 0.6 is 0 Å². The van der Waals surface area contributed by atoms with E-state index in [1.165, 1.54) is 22.3 Å². The lowest BCUT2D eigenvalue weighted by Crippen LogP contribution is -2.13. The van der Waals surface area contributed by atoms with E-state index < -0.39 is 0 Å². The van der Waals surface area contributed by atoms with E-state index in [0.29, 0.717) is 51.1 Å². The minimum atomic E-state index is -0.104. The smallest absolute Gasteiger partial charge is 0.305 e. The fraction of sp³-hybridized carbons (Fsp3) is 0.611. The molecule has 2 fully saturated rings. The van der Waals surface area contributed by atoms with Crippen molar-refractivity contribution in [2.24, 2.45) is 0 Å². The van der Waals surface area contributed by atoms with Gasteiger partial charge in [-0.3, -0.25) is 9.59 Å². The van der Waals surface area contributed by atoms with Gasteiger partial charge in [-0.05, 0) is 62.5 Å². The second kappa shape index (κ2) is 17.4. The van der Waals surface area contributed by atoms with Crippen molar-refractivity contribution < 1.29 is 28.5 Å². The summed E-state index contributed by atoms with van der Waals surface area (Å²) in [7, 11) is 0. The van der Waals surface area contributed by atoms with Crippen LogP contribution in [0.4, 0.5) is 0 Å². The number of carbonyl (C=O) groups excluding carboxylic acids is 2. The number of ether oxygens (including phenoxy) is 4. The molecule has 4 atom stereocenters. The Bertz CT molecular complexity index is 984. The molecule has 2 aliphatic heterocycles. The number of carbonyl (C=O) groups is 2. The summed E-state index contributed by atoms with van der Waals surface area (Å²) < 4.78 is 20.8. The maximum absolute atomic E-state index is 11.9. The summed E-state index contributed by atoms with van der Waals surface area (Å²) in [5.41, 5.74) is 5.40. The lowest BCUT2D eigenvalue weighted by molar-refractivity contribution is -0.145. The zero-order chi connectivity index (χ0) is 29.6. The Morgan fingerprint density at radius 3 is 1.33 bits per heavy atom. The molecule has 0 amide bonds. The summed E-state index contributed by atoms with van der Waals surface area (Å²) in [6.45, 7) is 6.53. The van der Waals surface area contributed by atoms with Gasteiger partial charge in [0.05, 0.1) is 13.2 Å². The second-order valence-electron chi connectivity index (χ2n) is 12.2. The Morgan fingerprint density at radius 2 is 0.976 bits per heavy atom. The highest BCUT2D eigenvalue weighted by atomic mass is 16.6. The van der Waals surface area contributed by atoms with Crippen molar-refractivity contribution in [1.29, 1.82) is 0 Å². The van der Waals surface area contributed by atoms with Crippen LogP contribution in [0, 0.1) is 13.8 Å². The largest absolute Gasteiger partial charge is 0.463 e. The number of epoxide rings is 2. The summed E-state index contributed by atoms with van der Waals surface area (Å²) in [5.74, 6) is 0.673. The molecule has 0 radical (unpaired) electrons. The van der Waals surface area contributed by atoms with Crippen molar-refractivity contribution in [1.82, 2.24) is 0 Å². The molecule has 4 rings (SSSR count). The SMILES string of the molecule is Cc1ccc(C(CCCCCCC(=O)OCC2CO2)C(CCCCCCC(=O)OCC2CO2)c2ccc(C)cc2)cc1. The van der Waals surface area contributed by atoms with Gasteiger partial charge in [0.1, 0.15) is 25.4 Å². The Kier molecular flexibility index (Phi) is 13.4. The van der Waals surface area contributed by atoms with E-state index in [4.69, 9.17) is 18.9 Å². The maximum atomic E-state index is 11.9. The predicted octanol–water partition coefficient (Wildman–Crippen LogP) is 7.74. The van der Waals surface area contributed by atoms with E-state index in [2.05, 4.69) is 62.4 Å². The molecular formula is C36H50O6. The minimum absolute atomic E-state index is 0.104. The van der Waals surface area contributed by atoms with Gasteiger partial charge < -0.3 is 18.9 Å². The standard InChI is InChI=1S/C36H50O6/c1-27-15-19-29(20-16-27)33(11-7-3-5-9-13-35(37)41-25-31-23-39-31)34(30-21-17-28(2)18-22-30)12-8-4-6-10-14-36(38)42-26-32-24-40-32/h15-22,31-34H,3-14,23-26H2,1-2H3. The maximum Gasteiger partial charge on any atom is 0.305 e. The fourth-order valence-corrected chi connectivity index (χ4v) is 5.65. The summed E-state index contributed by atoms with van der Waals surface area (Å²) >= 11 is 0. The van der Waals surface area contributed by atoms with E-state index in [9.17, 15) is 9.59 Å². The van der Waals surface area contributed by atoms with Gasteiger partial charge in [-0.2, -0.15) is 0 Å². The second-order valence-corrected chi connectivity index (χ2v) is 12.2. The predicted molar refractivity (Wildman–Crippen MR) is 165 cm³/mol. The Hall–Kier alpha value is -2.70. The fourth-order valence-electron chi connectivity index (χ4n) is 5.65. The van der Waals surface area contributed by atoms with Crippen LogP contribution in [0.2, 0.25) is 0 Å². The first-order valence-electron chi connectivity index (χ1n) is 16.2. The quantitative estimate of drug-likeness (QED) is 0.0857. The molecule has 0 spiro atoms. The minimum Gasteiger partial charge on any atom is -0.463 e. The van der Waals surface area contributed by atoms with Crippen molar-refractivity contribution >= 4 is 11.9 Å². The van der Waals surface area contributed by atoms with Crippen molar-refractivity contribution in [2.75, 3.05) is 26.4 Å². The number of aryl methyl sites for hydroxylation is 2. The molecule has 6 heteroatoms. The molecule has 2 heterocycles. The molecule has 0 aliphatic carbocycles. The topological polar surface area (TPSA) is 77.7 Å². The first-order valence-corrected chi connectivity index (χ1v) is 16.2. The first kappa shape index (κ1) is 32.2. The monoisotopic (exact) mass is 578 g/mol. The third kappa shape index (κ3) is 12.3. The third-order valence-corrected chi connectivity index (χ3v) is 8.45. The van der Waals surface area contributed by atoms with Gasteiger partial charge in [-0.25, -0.2) is 0 Å². The summed E-state index contributed by atoms with van der Waals surface area (Å²) in [5, 5.41) is 0. The van der Waals surface area contributed by atoms with Crippen LogP contribution in [0.25, 0.3) is 0 Å². The van der Waals surface area contributed by atoms with Crippen LogP contribution in [0.5, 0.6) is 0 Å². The molecule has 2 aliphatic rings. The molecule has 4 unspecified atom stereocenters. The molecular weight excluding hydrogens is 528 g/mol. The van der Waals surface area contributed by atoms with Crippen molar-refractivity contribution in [3.63, 3.8) is 0 Å². The highest BCUT2D eigenvalue weighted by molar-refractivity contribution is 5.69. The third-order valence-electron chi connectivity index (χ3n) is 8.45. The highest BCUT2D eigenvalue weighted by Gasteiger charge is 2.26. The van der Waals surface area contributed by atoms with Crippen LogP contribution < -0.4 is 0 Å². The van der Waals surface area contributed by atoms with Gasteiger partial charge in [0, 0.05) is 12.8 Å². The van der Waals surface area contributed by atoms with Gasteiger partial charge in [0.25, 0.3) is 0 Å². The molecule has 0 saturated carbocycles. The van der Waals surface area contributed by atoms with Crippen LogP contribution in [-0.4, -0.2) is 50.6 Å². The van der Waals surface area contributed by atoms with Gasteiger partial charge in [0.15, 0.2) is 0 Å². The van der Waals surface area contributed by atoms with Crippen LogP contribution in [0.3, 0.4) is 0 Å². The molecule has 2 aromatic rings. The highest BCUT2D eigenvalue weighted by Crippen LogP contribution is 2.41. The first-order chi connectivity index (χ1) is 20.5.